The summed E-state index contributed by atoms with van der Waals surface area (Å²) in [6, 6.07) is 9.48. The fraction of sp³-hybridized carbons (Fsp3) is 0.350. The van der Waals surface area contributed by atoms with Crippen LogP contribution in [-0.2, 0) is 11.3 Å². The second-order valence-corrected chi connectivity index (χ2v) is 7.06. The first-order valence-electron chi connectivity index (χ1n) is 9.99. The van der Waals surface area contributed by atoms with Gasteiger partial charge in [0, 0.05) is 45.1 Å². The molecule has 3 heterocycles. The summed E-state index contributed by atoms with van der Waals surface area (Å²) < 4.78 is 35.3. The van der Waals surface area contributed by atoms with Gasteiger partial charge in [0.05, 0.1) is 17.8 Å². The second kappa shape index (κ2) is 10.7. The molecule has 1 amide bonds. The van der Waals surface area contributed by atoms with Gasteiger partial charge in [-0.05, 0) is 18.2 Å². The van der Waals surface area contributed by atoms with Gasteiger partial charge in [-0.25, -0.2) is 14.5 Å². The van der Waals surface area contributed by atoms with Crippen LogP contribution in [0.5, 0.6) is 0 Å². The van der Waals surface area contributed by atoms with Crippen LogP contribution in [0.2, 0.25) is 0 Å². The Hall–Kier alpha value is -3.74. The number of para-hydroxylation sites is 1. The topological polar surface area (TPSA) is 109 Å². The molecule has 1 fully saturated rings. The number of amides is 1. The molecule has 0 aliphatic carbocycles. The first-order chi connectivity index (χ1) is 15.8. The van der Waals surface area contributed by atoms with Crippen molar-refractivity contribution in [3.05, 3.63) is 60.9 Å². The minimum atomic E-state index is -5.08. The van der Waals surface area contributed by atoms with Crippen molar-refractivity contribution in [2.45, 2.75) is 12.7 Å². The van der Waals surface area contributed by atoms with E-state index in [4.69, 9.17) is 9.90 Å². The molecule has 0 atom stereocenters. The largest absolute Gasteiger partial charge is 0.490 e. The quantitative estimate of drug-likeness (QED) is 0.609. The maximum Gasteiger partial charge on any atom is 0.490 e. The van der Waals surface area contributed by atoms with E-state index in [1.807, 2.05) is 46.1 Å². The van der Waals surface area contributed by atoms with Crippen molar-refractivity contribution >= 4 is 11.9 Å². The maximum atomic E-state index is 13.0. The molecule has 176 valence electrons. The van der Waals surface area contributed by atoms with Gasteiger partial charge >= 0.3 is 12.1 Å². The molecule has 0 radical (unpaired) electrons. The average Bonchev–Trinajstić information content (AvgIpc) is 3.52. The Morgan fingerprint density at radius 1 is 1.00 bits per heavy atom. The molecule has 4 rings (SSSR count). The number of benzene rings is 1. The lowest BCUT2D eigenvalue weighted by atomic mass is 10.1. The number of alkyl halides is 3. The van der Waals surface area contributed by atoms with E-state index in [0.29, 0.717) is 5.56 Å². The third-order valence-corrected chi connectivity index (χ3v) is 4.90. The highest BCUT2D eigenvalue weighted by atomic mass is 19.4. The van der Waals surface area contributed by atoms with Crippen LogP contribution < -0.4 is 0 Å². The van der Waals surface area contributed by atoms with Gasteiger partial charge in [0.1, 0.15) is 12.7 Å². The van der Waals surface area contributed by atoms with E-state index in [0.717, 1.165) is 45.0 Å². The molecule has 13 heteroatoms. The number of halogens is 3. The molecule has 3 aromatic rings. The fourth-order valence-electron chi connectivity index (χ4n) is 3.20. The number of aromatic nitrogens is 5. The standard InChI is InChI=1S/C18H21N7O.C2HF3O2/c26-18(16-4-1-2-5-17(16)25-7-3-6-20-25)23-11-8-22(9-12-23)10-13-24-15-19-14-21-24;3-2(4,5)1(6)7/h1-7,14-15H,8-13H2;(H,6,7). The molecule has 2 aromatic heterocycles. The van der Waals surface area contributed by atoms with Crippen molar-refractivity contribution in [1.82, 2.24) is 34.3 Å². The lowest BCUT2D eigenvalue weighted by Gasteiger charge is -2.35. The number of piperazine rings is 1. The first-order valence-corrected chi connectivity index (χ1v) is 9.99. The van der Waals surface area contributed by atoms with Gasteiger partial charge < -0.3 is 10.0 Å². The molecule has 0 spiro atoms. The molecule has 10 nitrogen and oxygen atoms in total. The number of hydrogen-bond acceptors (Lipinski definition) is 6. The van der Waals surface area contributed by atoms with Crippen LogP contribution in [0, 0.1) is 0 Å². The summed E-state index contributed by atoms with van der Waals surface area (Å²) >= 11 is 0. The summed E-state index contributed by atoms with van der Waals surface area (Å²) in [7, 11) is 0. The van der Waals surface area contributed by atoms with Crippen LogP contribution >= 0.6 is 0 Å². The number of carbonyl (C=O) groups excluding carboxylic acids is 1. The van der Waals surface area contributed by atoms with Crippen LogP contribution in [-0.4, -0.2) is 90.2 Å². The average molecular weight is 465 g/mol. The molecule has 33 heavy (non-hydrogen) atoms. The number of aliphatic carboxylic acids is 1. The van der Waals surface area contributed by atoms with Crippen LogP contribution in [0.1, 0.15) is 10.4 Å². The zero-order valence-electron chi connectivity index (χ0n) is 17.5. The minimum absolute atomic E-state index is 0.0621. The monoisotopic (exact) mass is 465 g/mol. The summed E-state index contributed by atoms with van der Waals surface area (Å²) in [5.41, 5.74) is 1.50. The highest BCUT2D eigenvalue weighted by molar-refractivity contribution is 5.97. The van der Waals surface area contributed by atoms with Crippen LogP contribution in [0.25, 0.3) is 5.69 Å². The third kappa shape index (κ3) is 6.62. The Kier molecular flexibility index (Phi) is 7.77. The predicted octanol–water partition coefficient (Wildman–Crippen LogP) is 1.56. The molecular formula is C20H22F3N7O3. The molecule has 1 aliphatic rings. The minimum Gasteiger partial charge on any atom is -0.475 e. The zero-order chi connectivity index (χ0) is 23.8. The van der Waals surface area contributed by atoms with Gasteiger partial charge in [-0.2, -0.15) is 23.4 Å². The van der Waals surface area contributed by atoms with Gasteiger partial charge in [0.2, 0.25) is 0 Å². The number of hydrogen-bond donors (Lipinski definition) is 1. The summed E-state index contributed by atoms with van der Waals surface area (Å²) in [5.74, 6) is -2.69. The van der Waals surface area contributed by atoms with Crippen molar-refractivity contribution < 1.29 is 27.9 Å². The fourth-order valence-corrected chi connectivity index (χ4v) is 3.20. The SMILES string of the molecule is O=C(O)C(F)(F)F.O=C(c1ccccc1-n1cccn1)N1CCN(CCn2cncn2)CC1. The lowest BCUT2D eigenvalue weighted by Crippen LogP contribution is -2.49. The van der Waals surface area contributed by atoms with E-state index < -0.39 is 12.1 Å². The number of carboxylic acids is 1. The molecule has 0 saturated carbocycles. The lowest BCUT2D eigenvalue weighted by molar-refractivity contribution is -0.192. The van der Waals surface area contributed by atoms with Crippen LogP contribution in [0.15, 0.2) is 55.4 Å². The van der Waals surface area contributed by atoms with E-state index in [2.05, 4.69) is 20.1 Å². The highest BCUT2D eigenvalue weighted by Crippen LogP contribution is 2.17. The van der Waals surface area contributed by atoms with E-state index in [1.165, 1.54) is 0 Å². The molecule has 1 aliphatic heterocycles. The Bertz CT molecular complexity index is 1030. The van der Waals surface area contributed by atoms with Gasteiger partial charge in [0.25, 0.3) is 5.91 Å². The van der Waals surface area contributed by atoms with Crippen molar-refractivity contribution in [1.29, 1.82) is 0 Å². The van der Waals surface area contributed by atoms with Crippen molar-refractivity contribution in [3.63, 3.8) is 0 Å². The smallest absolute Gasteiger partial charge is 0.475 e. The molecule has 1 saturated heterocycles. The van der Waals surface area contributed by atoms with Crippen LogP contribution in [0.3, 0.4) is 0 Å². The maximum absolute atomic E-state index is 13.0. The molecule has 0 bridgehead atoms. The van der Waals surface area contributed by atoms with Crippen molar-refractivity contribution in [2.24, 2.45) is 0 Å². The Balaban J connectivity index is 0.000000383. The highest BCUT2D eigenvalue weighted by Gasteiger charge is 2.38. The Morgan fingerprint density at radius 2 is 1.70 bits per heavy atom. The van der Waals surface area contributed by atoms with Gasteiger partial charge in [-0.1, -0.05) is 12.1 Å². The zero-order valence-corrected chi connectivity index (χ0v) is 17.5. The molecule has 0 unspecified atom stereocenters. The summed E-state index contributed by atoms with van der Waals surface area (Å²) in [4.78, 5) is 30.1. The summed E-state index contributed by atoms with van der Waals surface area (Å²) in [6.45, 7) is 4.91. The number of carbonyl (C=O) groups is 2. The van der Waals surface area contributed by atoms with E-state index in [1.54, 1.807) is 23.5 Å². The number of nitrogens with zero attached hydrogens (tertiary/aromatic N) is 7. The molecular weight excluding hydrogens is 443 g/mol. The summed E-state index contributed by atoms with van der Waals surface area (Å²) in [5, 5.41) is 15.5. The summed E-state index contributed by atoms with van der Waals surface area (Å²) in [6.07, 6.45) is 1.77. The van der Waals surface area contributed by atoms with E-state index >= 15 is 0 Å². The third-order valence-electron chi connectivity index (χ3n) is 4.90. The van der Waals surface area contributed by atoms with Crippen molar-refractivity contribution in [2.75, 3.05) is 32.7 Å². The van der Waals surface area contributed by atoms with Crippen molar-refractivity contribution in [3.8, 4) is 5.69 Å². The molecule has 1 aromatic carbocycles. The Labute approximate surface area is 186 Å². The number of carboxylic acid groups (broad SMARTS) is 1. The van der Waals surface area contributed by atoms with E-state index in [9.17, 15) is 18.0 Å². The Morgan fingerprint density at radius 3 is 2.27 bits per heavy atom. The normalized spacial score (nSPS) is 14.5. The van der Waals surface area contributed by atoms with Gasteiger partial charge in [-0.3, -0.25) is 14.4 Å². The second-order valence-electron chi connectivity index (χ2n) is 7.06. The molecule has 1 N–H and O–H groups in total. The van der Waals surface area contributed by atoms with E-state index in [-0.39, 0.29) is 5.91 Å². The van der Waals surface area contributed by atoms with Gasteiger partial charge in [-0.15, -0.1) is 0 Å². The van der Waals surface area contributed by atoms with Crippen LogP contribution in [0.4, 0.5) is 13.2 Å². The van der Waals surface area contributed by atoms with Gasteiger partial charge in [0.15, 0.2) is 0 Å². The predicted molar refractivity (Wildman–Crippen MR) is 110 cm³/mol. The number of rotatable bonds is 5. The first kappa shape index (κ1) is 23.9.